The predicted octanol–water partition coefficient (Wildman–Crippen LogP) is 6.03. The molecule has 2 aromatic rings. The summed E-state index contributed by atoms with van der Waals surface area (Å²) >= 11 is 6.24. The average Bonchev–Trinajstić information content (AvgIpc) is 2.54. The van der Waals surface area contributed by atoms with Gasteiger partial charge in [-0.2, -0.15) is 0 Å². The Morgan fingerprint density at radius 2 is 1.33 bits per heavy atom. The lowest BCUT2D eigenvalue weighted by Crippen LogP contribution is -2.10. The molecular formula is C20H19Br2F2NO2. The smallest absolute Gasteiger partial charge is 0.190 e. The highest BCUT2D eigenvalue weighted by Gasteiger charge is 2.10. The molecule has 0 aliphatic rings. The van der Waals surface area contributed by atoms with Crippen LogP contribution in [0, 0.1) is 11.6 Å². The molecular weight excluding hydrogens is 484 g/mol. The van der Waals surface area contributed by atoms with E-state index in [1.54, 1.807) is 24.0 Å². The minimum Gasteiger partial charge on any atom is -0.381 e. The highest BCUT2D eigenvalue weighted by Crippen LogP contribution is 2.17. The summed E-state index contributed by atoms with van der Waals surface area (Å²) < 4.78 is 27.6. The lowest BCUT2D eigenvalue weighted by Gasteiger charge is -2.11. The van der Waals surface area contributed by atoms with Crippen LogP contribution in [0.1, 0.15) is 34.6 Å². The lowest BCUT2D eigenvalue weighted by atomic mass is 10.1. The highest BCUT2D eigenvalue weighted by atomic mass is 79.9. The second-order valence-electron chi connectivity index (χ2n) is 5.85. The number of hydrogen-bond acceptors (Lipinski definition) is 3. The van der Waals surface area contributed by atoms with Crippen molar-refractivity contribution in [1.82, 2.24) is 4.90 Å². The van der Waals surface area contributed by atoms with Crippen LogP contribution >= 0.6 is 31.9 Å². The molecule has 0 spiro atoms. The Hall–Kier alpha value is -1.86. The fourth-order valence-electron chi connectivity index (χ4n) is 1.86. The van der Waals surface area contributed by atoms with E-state index < -0.39 is 11.6 Å². The van der Waals surface area contributed by atoms with Gasteiger partial charge in [0.05, 0.1) is 11.1 Å². The van der Waals surface area contributed by atoms with E-state index in [2.05, 4.69) is 31.9 Å². The molecule has 144 valence electrons. The summed E-state index contributed by atoms with van der Waals surface area (Å²) in [6.07, 6.45) is 1.42. The van der Waals surface area contributed by atoms with E-state index >= 15 is 0 Å². The molecule has 7 heteroatoms. The maximum absolute atomic E-state index is 13.5. The van der Waals surface area contributed by atoms with Gasteiger partial charge in [-0.3, -0.25) is 9.59 Å². The molecule has 0 radical (unpaired) electrons. The fourth-order valence-corrected chi connectivity index (χ4v) is 2.53. The number of nitrogens with zero attached hydrogens (tertiary/aromatic N) is 1. The van der Waals surface area contributed by atoms with Crippen LogP contribution in [0.2, 0.25) is 0 Å². The summed E-state index contributed by atoms with van der Waals surface area (Å²) in [5.74, 6) is -1.57. The zero-order valence-electron chi connectivity index (χ0n) is 15.3. The third kappa shape index (κ3) is 7.34. The number of carbonyl (C=O) groups is 2. The van der Waals surface area contributed by atoms with Crippen LogP contribution in [0.15, 0.2) is 57.1 Å². The van der Waals surface area contributed by atoms with Gasteiger partial charge >= 0.3 is 0 Å². The van der Waals surface area contributed by atoms with Crippen LogP contribution in [0.5, 0.6) is 0 Å². The summed E-state index contributed by atoms with van der Waals surface area (Å²) in [4.78, 5) is 24.3. The first kappa shape index (κ1) is 23.2. The second kappa shape index (κ2) is 10.5. The van der Waals surface area contributed by atoms with Crippen molar-refractivity contribution >= 4 is 43.4 Å². The molecule has 0 saturated heterocycles. The van der Waals surface area contributed by atoms with Crippen LogP contribution in [0.4, 0.5) is 8.78 Å². The zero-order valence-corrected chi connectivity index (χ0v) is 18.5. The van der Waals surface area contributed by atoms with Crippen molar-refractivity contribution in [2.24, 2.45) is 0 Å². The van der Waals surface area contributed by atoms with Crippen LogP contribution in [-0.4, -0.2) is 30.6 Å². The van der Waals surface area contributed by atoms with Gasteiger partial charge in [0.15, 0.2) is 11.6 Å². The Kier molecular flexibility index (Phi) is 8.99. The van der Waals surface area contributed by atoms with Gasteiger partial charge in [0.25, 0.3) is 0 Å². The van der Waals surface area contributed by atoms with E-state index in [0.29, 0.717) is 8.95 Å². The fraction of sp³-hybridized carbons (Fsp3) is 0.200. The number of Topliss-reactive ketones (excluding diaryl/α,β-unsaturated/α-hetero) is 1. The number of allylic oxidation sites excluding steroid dienone is 2. The maximum atomic E-state index is 13.5. The van der Waals surface area contributed by atoms with Crippen molar-refractivity contribution in [2.75, 3.05) is 14.1 Å². The van der Waals surface area contributed by atoms with Gasteiger partial charge in [-0.05, 0) is 50.2 Å². The first-order chi connectivity index (χ1) is 12.5. The van der Waals surface area contributed by atoms with E-state index in [1.807, 2.05) is 14.1 Å². The quantitative estimate of drug-likeness (QED) is 0.378. The average molecular weight is 503 g/mol. The van der Waals surface area contributed by atoms with Crippen LogP contribution < -0.4 is 0 Å². The van der Waals surface area contributed by atoms with E-state index in [9.17, 15) is 18.4 Å². The van der Waals surface area contributed by atoms with E-state index in [-0.39, 0.29) is 22.7 Å². The topological polar surface area (TPSA) is 37.4 Å². The number of hydrogen-bond donors (Lipinski definition) is 0. The Balaban J connectivity index is 0.000000289. The molecule has 0 unspecified atom stereocenters. The monoisotopic (exact) mass is 501 g/mol. The van der Waals surface area contributed by atoms with Gasteiger partial charge in [0.2, 0.25) is 0 Å². The number of halogens is 4. The van der Waals surface area contributed by atoms with Gasteiger partial charge in [0, 0.05) is 34.8 Å². The van der Waals surface area contributed by atoms with Gasteiger partial charge in [-0.15, -0.1) is 0 Å². The summed E-state index contributed by atoms with van der Waals surface area (Å²) in [7, 11) is 3.66. The molecule has 0 heterocycles. The van der Waals surface area contributed by atoms with Crippen molar-refractivity contribution in [3.05, 3.63) is 79.9 Å². The third-order valence-electron chi connectivity index (χ3n) is 3.55. The molecule has 0 N–H and O–H groups in total. The van der Waals surface area contributed by atoms with Gasteiger partial charge < -0.3 is 4.90 Å². The van der Waals surface area contributed by atoms with Crippen molar-refractivity contribution in [1.29, 1.82) is 0 Å². The first-order valence-electron chi connectivity index (χ1n) is 7.84. The van der Waals surface area contributed by atoms with Crippen molar-refractivity contribution in [3.63, 3.8) is 0 Å². The van der Waals surface area contributed by atoms with Crippen LogP contribution in [-0.2, 0) is 0 Å². The molecule has 0 aliphatic carbocycles. The van der Waals surface area contributed by atoms with Crippen LogP contribution in [0.25, 0.3) is 0 Å². The maximum Gasteiger partial charge on any atom is 0.190 e. The molecule has 3 nitrogen and oxygen atoms in total. The van der Waals surface area contributed by atoms with Gasteiger partial charge in [-0.1, -0.05) is 31.9 Å². The predicted molar refractivity (Wildman–Crippen MR) is 110 cm³/mol. The molecule has 2 aromatic carbocycles. The Morgan fingerprint density at radius 1 is 0.889 bits per heavy atom. The number of carbonyl (C=O) groups excluding carboxylic acids is 2. The summed E-state index contributed by atoms with van der Waals surface area (Å²) in [6.45, 7) is 3.14. The van der Waals surface area contributed by atoms with Crippen molar-refractivity contribution in [3.8, 4) is 0 Å². The standard InChI is InChI=1S/C12H13BrFNO.C8H6BrFO/c1-8(15(2)3)6-12(16)10-5-4-9(13)7-11(10)14;1-5(11)7-3-2-6(9)4-8(7)10/h4-7H,1-3H3;2-4H,1H3/b8-6+;. The number of rotatable bonds is 4. The van der Waals surface area contributed by atoms with Crippen molar-refractivity contribution < 1.29 is 18.4 Å². The zero-order chi connectivity index (χ0) is 20.7. The second-order valence-corrected chi connectivity index (χ2v) is 7.68. The van der Waals surface area contributed by atoms with E-state index in [4.69, 9.17) is 0 Å². The Labute approximate surface area is 174 Å². The molecule has 0 fully saturated rings. The molecule has 2 rings (SSSR count). The summed E-state index contributed by atoms with van der Waals surface area (Å²) in [6, 6.07) is 8.78. The Morgan fingerprint density at radius 3 is 1.70 bits per heavy atom. The lowest BCUT2D eigenvalue weighted by molar-refractivity contribution is 0.101. The first-order valence-corrected chi connectivity index (χ1v) is 9.42. The normalized spacial score (nSPS) is 10.7. The number of ketones is 2. The Bertz CT molecular complexity index is 880. The minimum atomic E-state index is -0.512. The van der Waals surface area contributed by atoms with Crippen LogP contribution in [0.3, 0.4) is 0 Å². The summed E-state index contributed by atoms with van der Waals surface area (Å²) in [5.41, 5.74) is 1.00. The van der Waals surface area contributed by atoms with E-state index in [1.165, 1.54) is 37.3 Å². The minimum absolute atomic E-state index is 0.0874. The molecule has 0 aliphatic heterocycles. The highest BCUT2D eigenvalue weighted by molar-refractivity contribution is 9.10. The molecule has 0 amide bonds. The molecule has 0 saturated carbocycles. The molecule has 0 atom stereocenters. The largest absolute Gasteiger partial charge is 0.381 e. The molecule has 0 bridgehead atoms. The van der Waals surface area contributed by atoms with Gasteiger partial charge in [0.1, 0.15) is 11.6 Å². The number of benzene rings is 2. The molecule has 27 heavy (non-hydrogen) atoms. The van der Waals surface area contributed by atoms with Crippen molar-refractivity contribution in [2.45, 2.75) is 13.8 Å². The van der Waals surface area contributed by atoms with E-state index in [0.717, 1.165) is 5.70 Å². The van der Waals surface area contributed by atoms with Gasteiger partial charge in [-0.25, -0.2) is 8.78 Å². The third-order valence-corrected chi connectivity index (χ3v) is 4.54. The summed E-state index contributed by atoms with van der Waals surface area (Å²) in [5, 5.41) is 0. The SMILES string of the molecule is C/C(=C\C(=O)c1ccc(Br)cc1F)N(C)C.CC(=O)c1ccc(Br)cc1F. The molecule has 0 aromatic heterocycles.